The summed E-state index contributed by atoms with van der Waals surface area (Å²) < 4.78 is 0. The van der Waals surface area contributed by atoms with E-state index in [2.05, 4.69) is 5.32 Å². The Bertz CT molecular complexity index is 541. The third kappa shape index (κ3) is 3.56. The van der Waals surface area contributed by atoms with E-state index < -0.39 is 0 Å². The molecule has 0 atom stereocenters. The molecule has 0 saturated heterocycles. The van der Waals surface area contributed by atoms with Crippen molar-refractivity contribution in [3.05, 3.63) is 58.1 Å². The molecule has 0 aliphatic rings. The van der Waals surface area contributed by atoms with Gasteiger partial charge in [0.25, 0.3) is 0 Å². The fourth-order valence-electron chi connectivity index (χ4n) is 1.71. The SMILES string of the molecule is Nc1cccc(NCCc2ccc(Cl)cc2Cl)c1. The molecule has 0 amide bonds. The van der Waals surface area contributed by atoms with Crippen molar-refractivity contribution in [2.45, 2.75) is 6.42 Å². The number of nitrogens with one attached hydrogen (secondary N) is 1. The van der Waals surface area contributed by atoms with Gasteiger partial charge in [-0.05, 0) is 42.3 Å². The molecular formula is C14H14Cl2N2. The minimum Gasteiger partial charge on any atom is -0.399 e. The van der Waals surface area contributed by atoms with Crippen LogP contribution in [0.2, 0.25) is 10.0 Å². The molecule has 0 spiro atoms. The molecule has 0 saturated carbocycles. The first-order valence-electron chi connectivity index (χ1n) is 5.68. The van der Waals surface area contributed by atoms with Gasteiger partial charge in [-0.3, -0.25) is 0 Å². The van der Waals surface area contributed by atoms with Gasteiger partial charge in [0, 0.05) is 28.0 Å². The van der Waals surface area contributed by atoms with Crippen LogP contribution in [0.4, 0.5) is 11.4 Å². The molecule has 94 valence electrons. The Hall–Kier alpha value is -1.38. The molecule has 0 aromatic heterocycles. The summed E-state index contributed by atoms with van der Waals surface area (Å²) in [6, 6.07) is 13.2. The van der Waals surface area contributed by atoms with Crippen LogP contribution in [0.1, 0.15) is 5.56 Å². The topological polar surface area (TPSA) is 38.0 Å². The highest BCUT2D eigenvalue weighted by molar-refractivity contribution is 6.35. The summed E-state index contributed by atoms with van der Waals surface area (Å²) in [5.41, 5.74) is 8.56. The lowest BCUT2D eigenvalue weighted by Crippen LogP contribution is -2.05. The summed E-state index contributed by atoms with van der Waals surface area (Å²) in [7, 11) is 0. The Morgan fingerprint density at radius 2 is 1.89 bits per heavy atom. The van der Waals surface area contributed by atoms with E-state index in [0.29, 0.717) is 10.0 Å². The van der Waals surface area contributed by atoms with Crippen LogP contribution in [0.25, 0.3) is 0 Å². The number of hydrogen-bond donors (Lipinski definition) is 2. The number of benzene rings is 2. The van der Waals surface area contributed by atoms with Crippen LogP contribution in [-0.2, 0) is 6.42 Å². The highest BCUT2D eigenvalue weighted by Gasteiger charge is 2.01. The maximum Gasteiger partial charge on any atom is 0.0453 e. The Balaban J connectivity index is 1.92. The molecule has 2 rings (SSSR count). The molecule has 2 nitrogen and oxygen atoms in total. The largest absolute Gasteiger partial charge is 0.399 e. The van der Waals surface area contributed by atoms with Crippen LogP contribution in [0.15, 0.2) is 42.5 Å². The molecule has 0 heterocycles. The van der Waals surface area contributed by atoms with Gasteiger partial charge >= 0.3 is 0 Å². The molecule has 2 aromatic rings. The predicted molar refractivity (Wildman–Crippen MR) is 79.5 cm³/mol. The van der Waals surface area contributed by atoms with Crippen molar-refractivity contribution in [2.24, 2.45) is 0 Å². The van der Waals surface area contributed by atoms with Crippen molar-refractivity contribution in [1.29, 1.82) is 0 Å². The number of nitrogen functional groups attached to an aromatic ring is 1. The maximum absolute atomic E-state index is 6.10. The summed E-state index contributed by atoms with van der Waals surface area (Å²) in [6.45, 7) is 0.796. The van der Waals surface area contributed by atoms with Crippen LogP contribution in [0.3, 0.4) is 0 Å². The van der Waals surface area contributed by atoms with E-state index >= 15 is 0 Å². The van der Waals surface area contributed by atoms with E-state index in [0.717, 1.165) is 29.9 Å². The maximum atomic E-state index is 6.10. The Morgan fingerprint density at radius 1 is 1.06 bits per heavy atom. The Morgan fingerprint density at radius 3 is 2.61 bits per heavy atom. The van der Waals surface area contributed by atoms with Crippen molar-refractivity contribution in [3.8, 4) is 0 Å². The van der Waals surface area contributed by atoms with Gasteiger partial charge in [-0.1, -0.05) is 35.3 Å². The van der Waals surface area contributed by atoms with Gasteiger partial charge in [0.1, 0.15) is 0 Å². The first-order valence-corrected chi connectivity index (χ1v) is 6.44. The predicted octanol–water partition coefficient (Wildman–Crippen LogP) is 4.23. The normalized spacial score (nSPS) is 10.3. The van der Waals surface area contributed by atoms with Crippen molar-refractivity contribution in [1.82, 2.24) is 0 Å². The van der Waals surface area contributed by atoms with Crippen LogP contribution < -0.4 is 11.1 Å². The van der Waals surface area contributed by atoms with Gasteiger partial charge in [0.05, 0.1) is 0 Å². The first kappa shape index (κ1) is 13.1. The lowest BCUT2D eigenvalue weighted by Gasteiger charge is -2.08. The third-order valence-corrected chi connectivity index (χ3v) is 3.21. The summed E-state index contributed by atoms with van der Waals surface area (Å²) in [5.74, 6) is 0. The van der Waals surface area contributed by atoms with Gasteiger partial charge in [0.2, 0.25) is 0 Å². The van der Waals surface area contributed by atoms with Gasteiger partial charge < -0.3 is 11.1 Å². The number of hydrogen-bond acceptors (Lipinski definition) is 2. The van der Waals surface area contributed by atoms with Crippen LogP contribution >= 0.6 is 23.2 Å². The summed E-state index contributed by atoms with van der Waals surface area (Å²) in [4.78, 5) is 0. The van der Waals surface area contributed by atoms with Crippen LogP contribution in [0.5, 0.6) is 0 Å². The summed E-state index contributed by atoms with van der Waals surface area (Å²) in [5, 5.41) is 4.67. The van der Waals surface area contributed by atoms with E-state index in [1.54, 1.807) is 6.07 Å². The van der Waals surface area contributed by atoms with E-state index in [1.165, 1.54) is 0 Å². The average molecular weight is 281 g/mol. The summed E-state index contributed by atoms with van der Waals surface area (Å²) in [6.07, 6.45) is 0.838. The molecule has 4 heteroatoms. The zero-order valence-corrected chi connectivity index (χ0v) is 11.3. The van der Waals surface area contributed by atoms with Crippen molar-refractivity contribution >= 4 is 34.6 Å². The molecule has 0 unspecified atom stereocenters. The van der Waals surface area contributed by atoms with Gasteiger partial charge in [-0.15, -0.1) is 0 Å². The Kier molecular flexibility index (Phi) is 4.34. The Labute approximate surface area is 117 Å². The molecule has 2 aromatic carbocycles. The molecular weight excluding hydrogens is 267 g/mol. The molecule has 0 bridgehead atoms. The second-order valence-electron chi connectivity index (χ2n) is 4.04. The average Bonchev–Trinajstić information content (AvgIpc) is 2.32. The van der Waals surface area contributed by atoms with Gasteiger partial charge in [0.15, 0.2) is 0 Å². The van der Waals surface area contributed by atoms with E-state index in [9.17, 15) is 0 Å². The second kappa shape index (κ2) is 5.98. The fraction of sp³-hybridized carbons (Fsp3) is 0.143. The molecule has 3 N–H and O–H groups in total. The minimum atomic E-state index is 0.660. The quantitative estimate of drug-likeness (QED) is 0.823. The standard InChI is InChI=1S/C14H14Cl2N2/c15-11-5-4-10(14(16)8-11)6-7-18-13-3-1-2-12(17)9-13/h1-5,8-9,18H,6-7,17H2. The van der Waals surface area contributed by atoms with Crippen LogP contribution in [0, 0.1) is 0 Å². The van der Waals surface area contributed by atoms with Crippen molar-refractivity contribution in [3.63, 3.8) is 0 Å². The van der Waals surface area contributed by atoms with Crippen LogP contribution in [-0.4, -0.2) is 6.54 Å². The van der Waals surface area contributed by atoms with Gasteiger partial charge in [-0.25, -0.2) is 0 Å². The molecule has 18 heavy (non-hydrogen) atoms. The minimum absolute atomic E-state index is 0.660. The lowest BCUT2D eigenvalue weighted by atomic mass is 10.1. The van der Waals surface area contributed by atoms with Crippen molar-refractivity contribution < 1.29 is 0 Å². The highest BCUT2D eigenvalue weighted by Crippen LogP contribution is 2.21. The first-order chi connectivity index (χ1) is 8.65. The molecule has 0 aliphatic heterocycles. The third-order valence-electron chi connectivity index (χ3n) is 2.63. The zero-order chi connectivity index (χ0) is 13.0. The fourth-order valence-corrected chi connectivity index (χ4v) is 2.22. The van der Waals surface area contributed by atoms with E-state index in [4.69, 9.17) is 28.9 Å². The number of halogens is 2. The van der Waals surface area contributed by atoms with Crippen molar-refractivity contribution in [2.75, 3.05) is 17.6 Å². The highest BCUT2D eigenvalue weighted by atomic mass is 35.5. The lowest BCUT2D eigenvalue weighted by molar-refractivity contribution is 1.02. The zero-order valence-electron chi connectivity index (χ0n) is 9.79. The van der Waals surface area contributed by atoms with E-state index in [1.807, 2.05) is 36.4 Å². The number of nitrogens with two attached hydrogens (primary N) is 1. The number of rotatable bonds is 4. The second-order valence-corrected chi connectivity index (χ2v) is 4.88. The van der Waals surface area contributed by atoms with E-state index in [-0.39, 0.29) is 0 Å². The molecule has 0 fully saturated rings. The molecule has 0 radical (unpaired) electrons. The summed E-state index contributed by atoms with van der Waals surface area (Å²) >= 11 is 12.0. The smallest absolute Gasteiger partial charge is 0.0453 e. The molecule has 0 aliphatic carbocycles. The van der Waals surface area contributed by atoms with Gasteiger partial charge in [-0.2, -0.15) is 0 Å². The monoisotopic (exact) mass is 280 g/mol. The number of anilines is 2.